The molecule has 0 aliphatic rings. The van der Waals surface area contributed by atoms with E-state index in [0.717, 1.165) is 12.1 Å². The van der Waals surface area contributed by atoms with Gasteiger partial charge in [-0.05, 0) is 12.5 Å². The van der Waals surface area contributed by atoms with Gasteiger partial charge in [0, 0.05) is 24.7 Å². The van der Waals surface area contributed by atoms with E-state index in [1.807, 2.05) is 0 Å². The summed E-state index contributed by atoms with van der Waals surface area (Å²) in [7, 11) is -3.92. The molecule has 0 spiro atoms. The molecule has 19 heavy (non-hydrogen) atoms. The molecule has 9 heteroatoms. The van der Waals surface area contributed by atoms with Crippen LogP contribution in [0.15, 0.2) is 23.1 Å². The van der Waals surface area contributed by atoms with Crippen molar-refractivity contribution in [2.45, 2.75) is 24.3 Å². The number of hydrogen-bond donors (Lipinski definition) is 2. The van der Waals surface area contributed by atoms with Gasteiger partial charge in [-0.15, -0.1) is 0 Å². The number of nitro benzene ring substituents is 1. The quantitative estimate of drug-likeness (QED) is 0.592. The Bertz CT molecular complexity index is 576. The van der Waals surface area contributed by atoms with Crippen LogP contribution >= 0.6 is 0 Å². The highest BCUT2D eigenvalue weighted by molar-refractivity contribution is 7.89. The van der Waals surface area contributed by atoms with Crippen molar-refractivity contribution in [1.29, 1.82) is 0 Å². The summed E-state index contributed by atoms with van der Waals surface area (Å²) in [5.74, 6) is -1.20. The molecule has 7 nitrogen and oxygen atoms in total. The molecule has 106 valence electrons. The van der Waals surface area contributed by atoms with E-state index < -0.39 is 26.5 Å². The van der Waals surface area contributed by atoms with Gasteiger partial charge >= 0.3 is 5.69 Å². The number of nitrogens with two attached hydrogens (primary N) is 1. The van der Waals surface area contributed by atoms with Crippen molar-refractivity contribution in [3.05, 3.63) is 34.1 Å². The minimum absolute atomic E-state index is 0.0113. The zero-order chi connectivity index (χ0) is 14.6. The van der Waals surface area contributed by atoms with Crippen LogP contribution in [0.2, 0.25) is 0 Å². The van der Waals surface area contributed by atoms with E-state index >= 15 is 0 Å². The molecule has 0 amide bonds. The van der Waals surface area contributed by atoms with Crippen LogP contribution in [0.4, 0.5) is 10.1 Å². The standard InChI is InChI=1S/C10H14FN3O4S/c1-2-7(12)6-13-19(17,18)8-3-4-10(14(15)16)9(11)5-8/h3-5,7,13H,2,6,12H2,1H3. The molecular weight excluding hydrogens is 277 g/mol. The van der Waals surface area contributed by atoms with E-state index in [1.165, 1.54) is 0 Å². The van der Waals surface area contributed by atoms with Crippen LogP contribution in [0, 0.1) is 15.9 Å². The first-order chi connectivity index (χ1) is 8.77. The first-order valence-corrected chi connectivity index (χ1v) is 6.95. The Labute approximate surface area is 109 Å². The van der Waals surface area contributed by atoms with Crippen molar-refractivity contribution < 1.29 is 17.7 Å². The molecule has 0 saturated carbocycles. The predicted molar refractivity (Wildman–Crippen MR) is 66.5 cm³/mol. The molecule has 0 aromatic heterocycles. The second-order valence-corrected chi connectivity index (χ2v) is 5.66. The van der Waals surface area contributed by atoms with Gasteiger partial charge < -0.3 is 5.73 Å². The van der Waals surface area contributed by atoms with E-state index in [0.29, 0.717) is 12.5 Å². The van der Waals surface area contributed by atoms with Crippen molar-refractivity contribution in [1.82, 2.24) is 4.72 Å². The highest BCUT2D eigenvalue weighted by Gasteiger charge is 2.20. The van der Waals surface area contributed by atoms with Crippen molar-refractivity contribution in [3.63, 3.8) is 0 Å². The zero-order valence-corrected chi connectivity index (χ0v) is 11.0. The van der Waals surface area contributed by atoms with Crippen LogP contribution in [-0.4, -0.2) is 25.9 Å². The molecule has 1 rings (SSSR count). The third-order valence-corrected chi connectivity index (χ3v) is 3.91. The van der Waals surface area contributed by atoms with Crippen molar-refractivity contribution in [2.24, 2.45) is 5.73 Å². The van der Waals surface area contributed by atoms with Gasteiger partial charge in [-0.2, -0.15) is 4.39 Å². The number of hydrogen-bond acceptors (Lipinski definition) is 5. The fourth-order valence-electron chi connectivity index (χ4n) is 1.25. The van der Waals surface area contributed by atoms with Crippen LogP contribution in [0.5, 0.6) is 0 Å². The van der Waals surface area contributed by atoms with Gasteiger partial charge in [0.1, 0.15) is 0 Å². The minimum atomic E-state index is -3.92. The highest BCUT2D eigenvalue weighted by Crippen LogP contribution is 2.20. The largest absolute Gasteiger partial charge is 0.327 e. The summed E-state index contributed by atoms with van der Waals surface area (Å²) < 4.78 is 39.1. The molecule has 0 aliphatic carbocycles. The summed E-state index contributed by atoms with van der Waals surface area (Å²) >= 11 is 0. The summed E-state index contributed by atoms with van der Waals surface area (Å²) in [6.07, 6.45) is 0.580. The number of halogens is 1. The summed E-state index contributed by atoms with van der Waals surface area (Å²) in [5, 5.41) is 10.4. The van der Waals surface area contributed by atoms with E-state index in [1.54, 1.807) is 6.92 Å². The summed E-state index contributed by atoms with van der Waals surface area (Å²) in [6, 6.07) is 2.04. The Kier molecular flexibility index (Phi) is 4.92. The van der Waals surface area contributed by atoms with Crippen LogP contribution in [0.1, 0.15) is 13.3 Å². The fraction of sp³-hybridized carbons (Fsp3) is 0.400. The lowest BCUT2D eigenvalue weighted by atomic mass is 10.2. The minimum Gasteiger partial charge on any atom is -0.327 e. The maximum atomic E-state index is 13.3. The van der Waals surface area contributed by atoms with Crippen LogP contribution in [-0.2, 0) is 10.0 Å². The van der Waals surface area contributed by atoms with E-state index in [2.05, 4.69) is 4.72 Å². The predicted octanol–water partition coefficient (Wildman–Crippen LogP) is 0.750. The van der Waals surface area contributed by atoms with Gasteiger partial charge in [-0.3, -0.25) is 10.1 Å². The third-order valence-electron chi connectivity index (χ3n) is 2.49. The molecule has 1 unspecified atom stereocenters. The number of nitrogens with zero attached hydrogens (tertiary/aromatic N) is 1. The Morgan fingerprint density at radius 3 is 2.63 bits per heavy atom. The number of rotatable bonds is 6. The van der Waals surface area contributed by atoms with E-state index in [4.69, 9.17) is 5.73 Å². The van der Waals surface area contributed by atoms with Crippen molar-refractivity contribution in [3.8, 4) is 0 Å². The third kappa shape index (κ3) is 3.94. The first kappa shape index (κ1) is 15.5. The van der Waals surface area contributed by atoms with Crippen molar-refractivity contribution in [2.75, 3.05) is 6.54 Å². The van der Waals surface area contributed by atoms with Crippen molar-refractivity contribution >= 4 is 15.7 Å². The molecule has 0 saturated heterocycles. The van der Waals surface area contributed by atoms with Crippen LogP contribution in [0.25, 0.3) is 0 Å². The van der Waals surface area contributed by atoms with Gasteiger partial charge in [-0.25, -0.2) is 13.1 Å². The Morgan fingerprint density at radius 2 is 2.16 bits per heavy atom. The van der Waals surface area contributed by atoms with Gasteiger partial charge in [0.25, 0.3) is 0 Å². The average Bonchev–Trinajstić information content (AvgIpc) is 2.35. The van der Waals surface area contributed by atoms with Crippen LogP contribution < -0.4 is 10.5 Å². The Hall–Kier alpha value is -1.58. The molecule has 0 aliphatic heterocycles. The second kappa shape index (κ2) is 6.04. The van der Waals surface area contributed by atoms with Gasteiger partial charge in [0.05, 0.1) is 9.82 Å². The first-order valence-electron chi connectivity index (χ1n) is 5.47. The topological polar surface area (TPSA) is 115 Å². The molecule has 0 radical (unpaired) electrons. The fourth-order valence-corrected chi connectivity index (χ4v) is 2.35. The number of nitro groups is 1. The summed E-state index contributed by atoms with van der Waals surface area (Å²) in [5.41, 5.74) is 4.79. The SMILES string of the molecule is CCC(N)CNS(=O)(=O)c1ccc([N+](=O)[O-])c(F)c1. The number of benzene rings is 1. The zero-order valence-electron chi connectivity index (χ0n) is 10.2. The lowest BCUT2D eigenvalue weighted by Gasteiger charge is -2.11. The van der Waals surface area contributed by atoms with Gasteiger partial charge in [0.2, 0.25) is 15.8 Å². The molecule has 0 fully saturated rings. The Morgan fingerprint density at radius 1 is 1.53 bits per heavy atom. The summed E-state index contributed by atoms with van der Waals surface area (Å²) in [6.45, 7) is 1.81. The smallest absolute Gasteiger partial charge is 0.304 e. The molecule has 1 aromatic rings. The van der Waals surface area contributed by atoms with Crippen LogP contribution in [0.3, 0.4) is 0 Å². The highest BCUT2D eigenvalue weighted by atomic mass is 32.2. The molecule has 1 aromatic carbocycles. The maximum Gasteiger partial charge on any atom is 0.304 e. The number of nitrogens with one attached hydrogen (secondary N) is 1. The monoisotopic (exact) mass is 291 g/mol. The summed E-state index contributed by atoms with van der Waals surface area (Å²) in [4.78, 5) is 9.12. The van der Waals surface area contributed by atoms with E-state index in [9.17, 15) is 22.9 Å². The molecule has 0 bridgehead atoms. The van der Waals surface area contributed by atoms with Gasteiger partial charge in [0.15, 0.2) is 0 Å². The second-order valence-electron chi connectivity index (χ2n) is 3.89. The maximum absolute atomic E-state index is 13.3. The average molecular weight is 291 g/mol. The molecule has 0 heterocycles. The van der Waals surface area contributed by atoms with E-state index in [-0.39, 0.29) is 17.5 Å². The molecule has 1 atom stereocenters. The normalized spacial score (nSPS) is 13.2. The molecule has 3 N–H and O–H groups in total. The lowest BCUT2D eigenvalue weighted by molar-refractivity contribution is -0.387. The Balaban J connectivity index is 2.96. The van der Waals surface area contributed by atoms with Gasteiger partial charge in [-0.1, -0.05) is 6.92 Å². The lowest BCUT2D eigenvalue weighted by Crippen LogP contribution is -2.36. The number of sulfonamides is 1. The molecular formula is C10H14FN3O4S.